The fourth-order valence-electron chi connectivity index (χ4n) is 1.64. The molecule has 94 valence electrons. The Balaban J connectivity index is 2.13. The molecule has 2 aromatic rings. The normalized spacial score (nSPS) is 10.3. The Morgan fingerprint density at radius 2 is 2.28 bits per heavy atom. The number of rotatable bonds is 4. The number of nitrogens with zero attached hydrogens (tertiary/aromatic N) is 2. The summed E-state index contributed by atoms with van der Waals surface area (Å²) in [4.78, 5) is 22.7. The van der Waals surface area contributed by atoms with Crippen LogP contribution in [0.25, 0.3) is 0 Å². The number of aryl methyl sites for hydroxylation is 2. The molecule has 0 bridgehead atoms. The molecule has 0 spiro atoms. The van der Waals surface area contributed by atoms with Gasteiger partial charge in [0.15, 0.2) is 0 Å². The molecule has 0 unspecified atom stereocenters. The van der Waals surface area contributed by atoms with E-state index in [-0.39, 0.29) is 5.56 Å². The average Bonchev–Trinajstić information content (AvgIpc) is 2.37. The molecule has 0 saturated carbocycles. The number of pyridine rings is 1. The van der Waals surface area contributed by atoms with Crippen LogP contribution in [0.3, 0.4) is 0 Å². The van der Waals surface area contributed by atoms with Crippen LogP contribution in [0.15, 0.2) is 29.2 Å². The van der Waals surface area contributed by atoms with Crippen molar-refractivity contribution in [2.75, 3.05) is 5.32 Å². The summed E-state index contributed by atoms with van der Waals surface area (Å²) in [6.45, 7) is 4.52. The number of hydrogen-bond acceptors (Lipinski definition) is 4. The van der Waals surface area contributed by atoms with E-state index in [9.17, 15) is 4.79 Å². The van der Waals surface area contributed by atoms with Crippen molar-refractivity contribution in [3.8, 4) is 0 Å². The molecule has 0 amide bonds. The highest BCUT2D eigenvalue weighted by Gasteiger charge is 2.02. The van der Waals surface area contributed by atoms with Gasteiger partial charge < -0.3 is 10.3 Å². The lowest BCUT2D eigenvalue weighted by atomic mass is 10.2. The summed E-state index contributed by atoms with van der Waals surface area (Å²) in [7, 11) is 0. The second-order valence-corrected chi connectivity index (χ2v) is 4.05. The molecule has 0 fully saturated rings. The van der Waals surface area contributed by atoms with Crippen molar-refractivity contribution in [3.63, 3.8) is 0 Å². The zero-order valence-electron chi connectivity index (χ0n) is 10.5. The molecular weight excluding hydrogens is 228 g/mol. The van der Waals surface area contributed by atoms with Gasteiger partial charge in [-0.3, -0.25) is 9.78 Å². The first-order valence-corrected chi connectivity index (χ1v) is 5.93. The van der Waals surface area contributed by atoms with Crippen molar-refractivity contribution in [2.45, 2.75) is 26.8 Å². The van der Waals surface area contributed by atoms with E-state index in [1.54, 1.807) is 6.20 Å². The molecule has 5 nitrogen and oxygen atoms in total. The van der Waals surface area contributed by atoms with Gasteiger partial charge in [-0.05, 0) is 18.6 Å². The number of aromatic nitrogens is 3. The molecule has 0 aliphatic heterocycles. The van der Waals surface area contributed by atoms with E-state index in [1.165, 1.54) is 6.07 Å². The molecule has 0 atom stereocenters. The summed E-state index contributed by atoms with van der Waals surface area (Å²) in [5.74, 6) is 1.27. The molecule has 0 aromatic carbocycles. The van der Waals surface area contributed by atoms with Crippen LogP contribution in [-0.4, -0.2) is 15.0 Å². The topological polar surface area (TPSA) is 70.7 Å². The first kappa shape index (κ1) is 12.3. The van der Waals surface area contributed by atoms with Crippen molar-refractivity contribution in [1.29, 1.82) is 0 Å². The van der Waals surface area contributed by atoms with Crippen molar-refractivity contribution in [1.82, 2.24) is 15.0 Å². The van der Waals surface area contributed by atoms with Crippen molar-refractivity contribution >= 4 is 5.82 Å². The lowest BCUT2D eigenvalue weighted by Crippen LogP contribution is -2.13. The first-order chi connectivity index (χ1) is 8.69. The van der Waals surface area contributed by atoms with Gasteiger partial charge in [0.25, 0.3) is 5.56 Å². The van der Waals surface area contributed by atoms with Crippen LogP contribution in [0, 0.1) is 6.92 Å². The third kappa shape index (κ3) is 2.94. The van der Waals surface area contributed by atoms with Crippen LogP contribution < -0.4 is 10.9 Å². The van der Waals surface area contributed by atoms with Crippen LogP contribution in [0.2, 0.25) is 0 Å². The molecular formula is C13H16N4O. The Bertz CT molecular complexity index is 592. The summed E-state index contributed by atoms with van der Waals surface area (Å²) in [5.41, 5.74) is 1.94. The number of anilines is 1. The van der Waals surface area contributed by atoms with E-state index < -0.39 is 0 Å². The smallest absolute Gasteiger partial charge is 0.252 e. The third-order valence-corrected chi connectivity index (χ3v) is 2.68. The molecule has 2 N–H and O–H groups in total. The van der Waals surface area contributed by atoms with E-state index in [1.807, 2.05) is 26.0 Å². The molecule has 0 aliphatic carbocycles. The molecule has 0 radical (unpaired) electrons. The quantitative estimate of drug-likeness (QED) is 0.858. The molecule has 0 aliphatic rings. The van der Waals surface area contributed by atoms with Crippen LogP contribution in [0.5, 0.6) is 0 Å². The van der Waals surface area contributed by atoms with Gasteiger partial charge in [0.05, 0.1) is 12.2 Å². The number of H-pyrrole nitrogens is 1. The fraction of sp³-hybridized carbons (Fsp3) is 0.308. The second kappa shape index (κ2) is 5.44. The minimum atomic E-state index is -0.137. The van der Waals surface area contributed by atoms with Crippen LogP contribution in [0.4, 0.5) is 5.82 Å². The standard InChI is InChI=1S/C13H16N4O/c1-3-11-16-12(7-13(18)17-11)15-8-10-9(2)5-4-6-14-10/h4-7H,3,8H2,1-2H3,(H2,15,16,17,18). The lowest BCUT2D eigenvalue weighted by Gasteiger charge is -2.07. The summed E-state index contributed by atoms with van der Waals surface area (Å²) in [6, 6.07) is 5.36. The third-order valence-electron chi connectivity index (χ3n) is 2.68. The maximum atomic E-state index is 11.4. The van der Waals surface area contributed by atoms with Crippen molar-refractivity contribution < 1.29 is 0 Å². The van der Waals surface area contributed by atoms with Gasteiger partial charge >= 0.3 is 0 Å². The number of nitrogens with one attached hydrogen (secondary N) is 2. The van der Waals surface area contributed by atoms with Crippen LogP contribution >= 0.6 is 0 Å². The SMILES string of the molecule is CCc1nc(NCc2ncccc2C)cc(=O)[nH]1. The number of aromatic amines is 1. The Kier molecular flexibility index (Phi) is 3.72. The highest BCUT2D eigenvalue weighted by Crippen LogP contribution is 2.06. The molecule has 2 rings (SSSR count). The Morgan fingerprint density at radius 1 is 1.44 bits per heavy atom. The highest BCUT2D eigenvalue weighted by atomic mass is 16.1. The monoisotopic (exact) mass is 244 g/mol. The van der Waals surface area contributed by atoms with Gasteiger partial charge in [0.2, 0.25) is 0 Å². The fourth-order valence-corrected chi connectivity index (χ4v) is 1.64. The van der Waals surface area contributed by atoms with Crippen LogP contribution in [0.1, 0.15) is 24.0 Å². The summed E-state index contributed by atoms with van der Waals surface area (Å²) < 4.78 is 0. The van der Waals surface area contributed by atoms with Crippen molar-refractivity contribution in [2.24, 2.45) is 0 Å². The first-order valence-electron chi connectivity index (χ1n) is 5.93. The second-order valence-electron chi connectivity index (χ2n) is 4.05. The molecule has 0 saturated heterocycles. The van der Waals surface area contributed by atoms with Gasteiger partial charge in [0.1, 0.15) is 11.6 Å². The molecule has 5 heteroatoms. The van der Waals surface area contributed by atoms with Gasteiger partial charge in [-0.15, -0.1) is 0 Å². The Morgan fingerprint density at radius 3 is 3.00 bits per heavy atom. The van der Waals surface area contributed by atoms with E-state index in [0.29, 0.717) is 24.6 Å². The minimum absolute atomic E-state index is 0.137. The minimum Gasteiger partial charge on any atom is -0.364 e. The zero-order valence-corrected chi connectivity index (χ0v) is 10.5. The predicted molar refractivity (Wildman–Crippen MR) is 70.5 cm³/mol. The zero-order chi connectivity index (χ0) is 13.0. The van der Waals surface area contributed by atoms with Gasteiger partial charge in [-0.25, -0.2) is 4.98 Å². The Labute approximate surface area is 105 Å². The molecule has 18 heavy (non-hydrogen) atoms. The van der Waals surface area contributed by atoms with E-state index in [2.05, 4.69) is 20.3 Å². The molecule has 2 aromatic heterocycles. The predicted octanol–water partition coefficient (Wildman–Crippen LogP) is 1.65. The summed E-state index contributed by atoms with van der Waals surface area (Å²) >= 11 is 0. The van der Waals surface area contributed by atoms with E-state index in [4.69, 9.17) is 0 Å². The maximum Gasteiger partial charge on any atom is 0.252 e. The Hall–Kier alpha value is -2.17. The van der Waals surface area contributed by atoms with E-state index in [0.717, 1.165) is 11.3 Å². The van der Waals surface area contributed by atoms with Crippen LogP contribution in [-0.2, 0) is 13.0 Å². The maximum absolute atomic E-state index is 11.4. The molecule has 2 heterocycles. The lowest BCUT2D eigenvalue weighted by molar-refractivity contribution is 0.908. The van der Waals surface area contributed by atoms with Gasteiger partial charge in [0, 0.05) is 18.7 Å². The van der Waals surface area contributed by atoms with Crippen molar-refractivity contribution in [3.05, 3.63) is 51.8 Å². The number of hydrogen-bond donors (Lipinski definition) is 2. The summed E-state index contributed by atoms with van der Waals surface area (Å²) in [5, 5.41) is 3.12. The highest BCUT2D eigenvalue weighted by molar-refractivity contribution is 5.34. The van der Waals surface area contributed by atoms with E-state index >= 15 is 0 Å². The average molecular weight is 244 g/mol. The largest absolute Gasteiger partial charge is 0.364 e. The summed E-state index contributed by atoms with van der Waals surface area (Å²) in [6.07, 6.45) is 2.46. The van der Waals surface area contributed by atoms with Gasteiger partial charge in [-0.2, -0.15) is 0 Å². The van der Waals surface area contributed by atoms with Gasteiger partial charge in [-0.1, -0.05) is 13.0 Å².